The van der Waals surface area contributed by atoms with Crippen LogP contribution in [0.25, 0.3) is 0 Å². The van der Waals surface area contributed by atoms with E-state index in [2.05, 4.69) is 10.7 Å². The molecule has 0 saturated carbocycles. The predicted octanol–water partition coefficient (Wildman–Crippen LogP) is 7.29. The van der Waals surface area contributed by atoms with Gasteiger partial charge in [-0.1, -0.05) is 48.4 Å². The average Bonchev–Trinajstić information content (AvgIpc) is 2.74. The summed E-state index contributed by atoms with van der Waals surface area (Å²) in [5.41, 5.74) is 1.32. The van der Waals surface area contributed by atoms with Gasteiger partial charge in [0, 0.05) is 0 Å². The first-order valence-electron chi connectivity index (χ1n) is 9.93. The monoisotopic (exact) mass is 424 g/mol. The molecule has 31 heavy (non-hydrogen) atoms. The molecule has 160 valence electrons. The Morgan fingerprint density at radius 3 is 2.16 bits per heavy atom. The molecule has 0 aliphatic heterocycles. The van der Waals surface area contributed by atoms with Crippen molar-refractivity contribution < 1.29 is 22.6 Å². The van der Waals surface area contributed by atoms with Gasteiger partial charge in [0.25, 0.3) is 0 Å². The van der Waals surface area contributed by atoms with E-state index in [-0.39, 0.29) is 5.75 Å². The van der Waals surface area contributed by atoms with Crippen LogP contribution >= 0.6 is 0 Å². The van der Waals surface area contributed by atoms with Crippen molar-refractivity contribution in [2.24, 2.45) is 0 Å². The van der Waals surface area contributed by atoms with Crippen LogP contribution < -0.4 is 9.47 Å². The highest BCUT2D eigenvalue weighted by atomic mass is 19.4. The summed E-state index contributed by atoms with van der Waals surface area (Å²) >= 11 is 0. The second-order valence-electron chi connectivity index (χ2n) is 7.46. The van der Waals surface area contributed by atoms with Crippen molar-refractivity contribution in [2.45, 2.75) is 38.0 Å². The number of para-hydroxylation sites is 1. The molecule has 0 radical (unpaired) electrons. The van der Waals surface area contributed by atoms with E-state index in [0.29, 0.717) is 6.42 Å². The number of benzene rings is 3. The third-order valence-corrected chi connectivity index (χ3v) is 5.06. The molecule has 0 aromatic heterocycles. The van der Waals surface area contributed by atoms with Gasteiger partial charge in [0.05, 0.1) is 5.41 Å². The number of terminal acetylenes is 1. The van der Waals surface area contributed by atoms with Gasteiger partial charge >= 0.3 is 6.36 Å². The molecule has 0 N–H and O–H groups in total. The predicted molar refractivity (Wildman–Crippen MR) is 115 cm³/mol. The molecule has 0 saturated heterocycles. The molecule has 0 heterocycles. The summed E-state index contributed by atoms with van der Waals surface area (Å²) in [6, 6.07) is 23.2. The van der Waals surface area contributed by atoms with E-state index in [9.17, 15) is 13.2 Å². The van der Waals surface area contributed by atoms with E-state index >= 15 is 0 Å². The summed E-state index contributed by atoms with van der Waals surface area (Å²) in [5.74, 6) is 4.09. The number of aryl methyl sites for hydroxylation is 1. The second-order valence-corrected chi connectivity index (χ2v) is 7.46. The molecule has 0 fully saturated rings. The van der Waals surface area contributed by atoms with Crippen molar-refractivity contribution in [1.82, 2.24) is 0 Å². The van der Waals surface area contributed by atoms with Crippen LogP contribution in [-0.4, -0.2) is 6.36 Å². The molecule has 3 rings (SSSR count). The van der Waals surface area contributed by atoms with Gasteiger partial charge in [-0.3, -0.25) is 0 Å². The Morgan fingerprint density at radius 1 is 0.839 bits per heavy atom. The molecule has 0 aliphatic rings. The summed E-state index contributed by atoms with van der Waals surface area (Å²) in [7, 11) is 0. The topological polar surface area (TPSA) is 18.5 Å². The Hall–Kier alpha value is -3.39. The number of hydrogen-bond donors (Lipinski definition) is 0. The summed E-state index contributed by atoms with van der Waals surface area (Å²) in [5, 5.41) is 0. The van der Waals surface area contributed by atoms with Crippen molar-refractivity contribution in [3.05, 3.63) is 90.0 Å². The van der Waals surface area contributed by atoms with Crippen molar-refractivity contribution >= 4 is 0 Å². The molecule has 0 spiro atoms. The van der Waals surface area contributed by atoms with Gasteiger partial charge in [-0.25, -0.2) is 0 Å². The smallest absolute Gasteiger partial charge is 0.457 e. The lowest BCUT2D eigenvalue weighted by atomic mass is 9.78. The van der Waals surface area contributed by atoms with E-state index in [0.717, 1.165) is 35.5 Å². The van der Waals surface area contributed by atoms with Crippen molar-refractivity contribution in [3.8, 4) is 29.6 Å². The molecular formula is C26H23F3O2. The van der Waals surface area contributed by atoms with Crippen molar-refractivity contribution in [2.75, 3.05) is 0 Å². The quantitative estimate of drug-likeness (QED) is 0.354. The number of hydrogen-bond acceptors (Lipinski definition) is 2. The molecule has 1 unspecified atom stereocenters. The number of alkyl halides is 3. The zero-order valence-corrected chi connectivity index (χ0v) is 17.2. The minimum Gasteiger partial charge on any atom is -0.457 e. The molecule has 0 amide bonds. The fourth-order valence-corrected chi connectivity index (χ4v) is 3.36. The lowest BCUT2D eigenvalue weighted by Crippen LogP contribution is -2.20. The van der Waals surface area contributed by atoms with Gasteiger partial charge < -0.3 is 9.47 Å². The Kier molecular flexibility index (Phi) is 6.91. The third kappa shape index (κ3) is 6.55. The van der Waals surface area contributed by atoms with Crippen LogP contribution in [0.5, 0.6) is 17.2 Å². The van der Waals surface area contributed by atoms with Crippen molar-refractivity contribution in [3.63, 3.8) is 0 Å². The Labute approximate surface area is 180 Å². The van der Waals surface area contributed by atoms with Gasteiger partial charge in [0.15, 0.2) is 0 Å². The standard InChI is InChI=1S/C26H23F3O2/c1-3-25(2,21-14-16-23(17-15-21)31-26(27,28)29)18-8-10-20-9-7-13-24(19-20)30-22-11-5-4-6-12-22/h1,4-7,9,11-17,19H,8,10,18H2,2H3. The van der Waals surface area contributed by atoms with E-state index < -0.39 is 11.8 Å². The highest BCUT2D eigenvalue weighted by molar-refractivity contribution is 5.38. The van der Waals surface area contributed by atoms with Gasteiger partial charge in [-0.05, 0) is 73.7 Å². The highest BCUT2D eigenvalue weighted by Gasteiger charge is 2.31. The fourth-order valence-electron chi connectivity index (χ4n) is 3.36. The summed E-state index contributed by atoms with van der Waals surface area (Å²) in [6.07, 6.45) is 3.38. The molecule has 0 bridgehead atoms. The van der Waals surface area contributed by atoms with E-state index in [1.54, 1.807) is 12.1 Å². The molecule has 3 aromatic carbocycles. The fraction of sp³-hybridized carbons (Fsp3) is 0.231. The van der Waals surface area contributed by atoms with E-state index in [1.165, 1.54) is 12.1 Å². The average molecular weight is 424 g/mol. The zero-order chi connectivity index (χ0) is 22.3. The number of halogens is 3. The molecule has 3 aromatic rings. The largest absolute Gasteiger partial charge is 0.573 e. The minimum absolute atomic E-state index is 0.258. The van der Waals surface area contributed by atoms with Gasteiger partial charge in [0.1, 0.15) is 17.2 Å². The summed E-state index contributed by atoms with van der Waals surface area (Å²) < 4.78 is 46.9. The van der Waals surface area contributed by atoms with Crippen LogP contribution in [0.3, 0.4) is 0 Å². The van der Waals surface area contributed by atoms with E-state index in [4.69, 9.17) is 11.2 Å². The van der Waals surface area contributed by atoms with E-state index in [1.807, 2.05) is 61.5 Å². The Bertz CT molecular complexity index is 1020. The minimum atomic E-state index is -4.71. The number of rotatable bonds is 8. The first-order valence-corrected chi connectivity index (χ1v) is 9.93. The van der Waals surface area contributed by atoms with Crippen LogP contribution in [0.2, 0.25) is 0 Å². The van der Waals surface area contributed by atoms with Gasteiger partial charge in [0.2, 0.25) is 0 Å². The van der Waals surface area contributed by atoms with Crippen LogP contribution in [0, 0.1) is 12.3 Å². The zero-order valence-electron chi connectivity index (χ0n) is 17.2. The SMILES string of the molecule is C#CC(C)(CCCc1cccc(Oc2ccccc2)c1)c1ccc(OC(F)(F)F)cc1. The lowest BCUT2D eigenvalue weighted by Gasteiger charge is -2.24. The van der Waals surface area contributed by atoms with Crippen molar-refractivity contribution in [1.29, 1.82) is 0 Å². The van der Waals surface area contributed by atoms with Gasteiger partial charge in [-0.15, -0.1) is 19.6 Å². The maximum absolute atomic E-state index is 12.4. The second kappa shape index (κ2) is 9.61. The summed E-state index contributed by atoms with van der Waals surface area (Å²) in [4.78, 5) is 0. The normalized spacial score (nSPS) is 13.1. The molecule has 2 nitrogen and oxygen atoms in total. The number of ether oxygens (including phenoxy) is 2. The van der Waals surface area contributed by atoms with Crippen LogP contribution in [0.1, 0.15) is 30.9 Å². The maximum Gasteiger partial charge on any atom is 0.573 e. The van der Waals surface area contributed by atoms with Crippen LogP contribution in [-0.2, 0) is 11.8 Å². The highest BCUT2D eigenvalue weighted by Crippen LogP contribution is 2.32. The lowest BCUT2D eigenvalue weighted by molar-refractivity contribution is -0.274. The first-order chi connectivity index (χ1) is 14.8. The Morgan fingerprint density at radius 2 is 1.52 bits per heavy atom. The first kappa shape index (κ1) is 22.3. The maximum atomic E-state index is 12.4. The van der Waals surface area contributed by atoms with Crippen LogP contribution in [0.4, 0.5) is 13.2 Å². The molecular weight excluding hydrogens is 401 g/mol. The molecule has 0 aliphatic carbocycles. The third-order valence-electron chi connectivity index (χ3n) is 5.06. The molecule has 5 heteroatoms. The summed E-state index contributed by atoms with van der Waals surface area (Å²) in [6.45, 7) is 1.92. The van der Waals surface area contributed by atoms with Gasteiger partial charge in [-0.2, -0.15) is 0 Å². The van der Waals surface area contributed by atoms with Crippen LogP contribution in [0.15, 0.2) is 78.9 Å². The Balaban J connectivity index is 1.60. The molecule has 1 atom stereocenters.